The number of anilines is 1. The van der Waals surface area contributed by atoms with E-state index >= 15 is 0 Å². The first-order valence-electron chi connectivity index (χ1n) is 5.31. The van der Waals surface area contributed by atoms with E-state index in [-0.39, 0.29) is 13.9 Å². The molecule has 0 aliphatic heterocycles. The molecule has 0 aromatic carbocycles. The van der Waals surface area contributed by atoms with E-state index in [0.29, 0.717) is 22.3 Å². The van der Waals surface area contributed by atoms with Gasteiger partial charge in [-0.25, -0.2) is 23.1 Å². The first kappa shape index (κ1) is 12.0. The van der Waals surface area contributed by atoms with Crippen molar-refractivity contribution >= 4 is 24.6 Å². The van der Waals surface area contributed by atoms with Crippen LogP contribution in [0.15, 0.2) is 24.1 Å². The van der Waals surface area contributed by atoms with E-state index in [9.17, 15) is 13.2 Å². The van der Waals surface area contributed by atoms with Gasteiger partial charge in [-0.2, -0.15) is 0 Å². The summed E-state index contributed by atoms with van der Waals surface area (Å²) in [6.45, 7) is 0. The van der Waals surface area contributed by atoms with Crippen LogP contribution in [-0.4, -0.2) is 9.97 Å². The first-order valence-corrected chi connectivity index (χ1v) is 6.38. The van der Waals surface area contributed by atoms with Gasteiger partial charge in [-0.3, -0.25) is 0 Å². The lowest BCUT2D eigenvalue weighted by molar-refractivity contribution is 0.580. The van der Waals surface area contributed by atoms with Gasteiger partial charge in [0.2, 0.25) is 0 Å². The van der Waals surface area contributed by atoms with Crippen molar-refractivity contribution in [1.29, 1.82) is 0 Å². The Morgan fingerprint density at radius 2 is 1.89 bits per heavy atom. The van der Waals surface area contributed by atoms with Gasteiger partial charge in [0.05, 0.1) is 11.4 Å². The first-order chi connectivity index (χ1) is 9.06. The Hall–Kier alpha value is -2.07. The van der Waals surface area contributed by atoms with Crippen LogP contribution in [0, 0.1) is 17.5 Å². The van der Waals surface area contributed by atoms with Crippen LogP contribution in [0.4, 0.5) is 19.0 Å². The molecule has 3 aromatic rings. The Balaban J connectivity index is 2.30. The van der Waals surface area contributed by atoms with Crippen molar-refractivity contribution in [2.45, 2.75) is 0 Å². The predicted octanol–water partition coefficient (Wildman–Crippen LogP) is 3.33. The maximum absolute atomic E-state index is 13.8. The molecule has 0 fully saturated rings. The smallest absolute Gasteiger partial charge is 0.168 e. The van der Waals surface area contributed by atoms with Gasteiger partial charge in [0.15, 0.2) is 17.5 Å². The molecule has 3 rings (SSSR count). The van der Waals surface area contributed by atoms with E-state index in [1.807, 2.05) is 0 Å². The van der Waals surface area contributed by atoms with Gasteiger partial charge in [0.25, 0.3) is 0 Å². The molecule has 0 aliphatic carbocycles. The summed E-state index contributed by atoms with van der Waals surface area (Å²) in [5.41, 5.74) is 5.65. The Morgan fingerprint density at radius 1 is 1.11 bits per heavy atom. The molecule has 3 heterocycles. The highest BCUT2D eigenvalue weighted by Gasteiger charge is 2.15. The number of hydrogen-bond donors (Lipinski definition) is 1. The number of aromatic nitrogens is 2. The van der Waals surface area contributed by atoms with Crippen LogP contribution < -0.4 is 5.73 Å². The number of nitrogens with two attached hydrogens (primary N) is 1. The second-order valence-corrected chi connectivity index (χ2v) is 4.99. The fourth-order valence-electron chi connectivity index (χ4n) is 1.84. The largest absolute Gasteiger partial charge is 0.381 e. The van der Waals surface area contributed by atoms with Gasteiger partial charge >= 0.3 is 0 Å². The minimum absolute atomic E-state index is 0.0856. The quantitative estimate of drug-likeness (QED) is 0.744. The monoisotopic (exact) mass is 281 g/mol. The summed E-state index contributed by atoms with van der Waals surface area (Å²) in [7, 11) is 0.191. The normalized spacial score (nSPS) is 11.5. The second kappa shape index (κ2) is 4.24. The van der Waals surface area contributed by atoms with Crippen LogP contribution in [0.5, 0.6) is 0 Å². The maximum Gasteiger partial charge on any atom is 0.168 e. The molecule has 1 unspecified atom stereocenters. The summed E-state index contributed by atoms with van der Waals surface area (Å²) in [5, 5.41) is 1.12. The van der Waals surface area contributed by atoms with Crippen molar-refractivity contribution in [3.63, 3.8) is 0 Å². The molecule has 19 heavy (non-hydrogen) atoms. The van der Waals surface area contributed by atoms with Crippen molar-refractivity contribution in [2.24, 2.45) is 0 Å². The van der Waals surface area contributed by atoms with Crippen LogP contribution >= 0.6 is 8.19 Å². The van der Waals surface area contributed by atoms with Crippen molar-refractivity contribution < 1.29 is 13.2 Å². The van der Waals surface area contributed by atoms with Gasteiger partial charge in [-0.15, -0.1) is 8.19 Å². The summed E-state index contributed by atoms with van der Waals surface area (Å²) < 4.78 is 40.1. The molecule has 0 bridgehead atoms. The van der Waals surface area contributed by atoms with Crippen molar-refractivity contribution in [2.75, 3.05) is 5.73 Å². The van der Waals surface area contributed by atoms with Gasteiger partial charge in [0.1, 0.15) is 11.5 Å². The molecule has 0 saturated heterocycles. The molecule has 0 spiro atoms. The summed E-state index contributed by atoms with van der Waals surface area (Å²) in [6.07, 6.45) is 1.10. The van der Waals surface area contributed by atoms with Crippen LogP contribution in [-0.2, 0) is 0 Å². The predicted molar refractivity (Wildman–Crippen MR) is 68.8 cm³/mol. The summed E-state index contributed by atoms with van der Waals surface area (Å²) >= 11 is 0. The minimum atomic E-state index is -0.917. The number of nitrogen functional groups attached to an aromatic ring is 1. The van der Waals surface area contributed by atoms with E-state index in [2.05, 4.69) is 9.97 Å². The zero-order valence-corrected chi connectivity index (χ0v) is 10.4. The average molecular weight is 281 g/mol. The highest BCUT2D eigenvalue weighted by molar-refractivity contribution is 7.36. The molecule has 0 radical (unpaired) electrons. The van der Waals surface area contributed by atoms with Gasteiger partial charge in [-0.1, -0.05) is 0 Å². The van der Waals surface area contributed by atoms with Crippen molar-refractivity contribution in [3.05, 3.63) is 41.6 Å². The van der Waals surface area contributed by atoms with E-state index in [1.165, 1.54) is 6.07 Å². The van der Waals surface area contributed by atoms with E-state index < -0.39 is 23.3 Å². The molecule has 7 heteroatoms. The zero-order valence-electron chi connectivity index (χ0n) is 9.42. The topological polar surface area (TPSA) is 51.8 Å². The molecular formula is C12H7F3N3P. The molecule has 0 aliphatic rings. The molecule has 3 nitrogen and oxygen atoms in total. The molecule has 2 N–H and O–H groups in total. The van der Waals surface area contributed by atoms with Crippen LogP contribution in [0.25, 0.3) is 21.9 Å². The van der Waals surface area contributed by atoms with Crippen molar-refractivity contribution in [1.82, 2.24) is 9.97 Å². The van der Waals surface area contributed by atoms with Crippen LogP contribution in [0.2, 0.25) is 0 Å². The van der Waals surface area contributed by atoms with Gasteiger partial charge in [-0.05, 0) is 11.9 Å². The summed E-state index contributed by atoms with van der Waals surface area (Å²) in [4.78, 5) is 7.63. The maximum atomic E-state index is 13.8. The third kappa shape index (κ3) is 1.94. The molecule has 1 atom stereocenters. The Labute approximate surface area is 107 Å². The van der Waals surface area contributed by atoms with E-state index in [0.717, 1.165) is 6.20 Å². The molecule has 3 aromatic heterocycles. The highest BCUT2D eigenvalue weighted by Crippen LogP contribution is 2.36. The van der Waals surface area contributed by atoms with Gasteiger partial charge < -0.3 is 5.73 Å². The fourth-order valence-corrected chi connectivity index (χ4v) is 2.92. The second-order valence-electron chi connectivity index (χ2n) is 3.94. The highest BCUT2D eigenvalue weighted by atomic mass is 31.0. The third-order valence-electron chi connectivity index (χ3n) is 2.71. The van der Waals surface area contributed by atoms with Gasteiger partial charge in [0, 0.05) is 17.0 Å². The lowest BCUT2D eigenvalue weighted by Gasteiger charge is -2.04. The summed E-state index contributed by atoms with van der Waals surface area (Å²) in [5.74, 6) is -0.968. The number of halogens is 3. The Morgan fingerprint density at radius 3 is 2.68 bits per heavy atom. The zero-order chi connectivity index (χ0) is 13.6. The summed E-state index contributed by atoms with van der Waals surface area (Å²) in [6, 6.07) is 1.93. The van der Waals surface area contributed by atoms with E-state index in [1.54, 1.807) is 5.80 Å². The molecule has 0 amide bonds. The lowest BCUT2D eigenvalue weighted by atomic mass is 10.1. The minimum Gasteiger partial charge on any atom is -0.381 e. The number of fused-ring (bicyclic) bond motifs is 1. The Bertz CT molecular complexity index is 785. The fraction of sp³-hybridized carbons (Fsp3) is 0. The number of hydrogen-bond acceptors (Lipinski definition) is 3. The van der Waals surface area contributed by atoms with Crippen LogP contribution in [0.1, 0.15) is 0 Å². The number of nitrogens with zero attached hydrogens (tertiary/aromatic N) is 2. The average Bonchev–Trinajstić information content (AvgIpc) is 2.76. The standard InChI is InChI=1S/C12H7F3N3P/c13-5-1-6-7(4-19-12(6)17-3-5)10-8(14)2-9(15)11(16)18-10/h1-4,19H,(H2,16,18). The third-order valence-corrected chi connectivity index (χ3v) is 3.81. The number of rotatable bonds is 1. The van der Waals surface area contributed by atoms with Crippen molar-refractivity contribution in [3.8, 4) is 11.3 Å². The van der Waals surface area contributed by atoms with E-state index in [4.69, 9.17) is 5.73 Å². The molecular weight excluding hydrogens is 274 g/mol. The number of pyridine rings is 2. The lowest BCUT2D eigenvalue weighted by Crippen LogP contribution is -1.99. The molecule has 0 saturated carbocycles. The SMILES string of the molecule is Nc1nc(-c2c[pH]c3ncc(F)cc23)c(F)cc1F. The Kier molecular flexibility index (Phi) is 2.68. The molecule has 96 valence electrons. The van der Waals surface area contributed by atoms with Crippen LogP contribution in [0.3, 0.4) is 0 Å².